The summed E-state index contributed by atoms with van der Waals surface area (Å²) < 4.78 is 16.4. The molecule has 0 bridgehead atoms. The minimum atomic E-state index is -1.27. The lowest BCUT2D eigenvalue weighted by molar-refractivity contribution is -0.160. The third-order valence-electron chi connectivity index (χ3n) is 4.27. The fraction of sp³-hybridized carbons (Fsp3) is 0.667. The molecule has 0 radical (unpaired) electrons. The van der Waals surface area contributed by atoms with Gasteiger partial charge in [0, 0.05) is 18.2 Å². The summed E-state index contributed by atoms with van der Waals surface area (Å²) in [6.07, 6.45) is 0.0790. The molecule has 3 atom stereocenters. The van der Waals surface area contributed by atoms with Gasteiger partial charge in [0.1, 0.15) is 6.10 Å². The maximum absolute atomic E-state index is 12.5. The molecule has 0 aliphatic carbocycles. The van der Waals surface area contributed by atoms with Crippen LogP contribution in [0.3, 0.4) is 0 Å². The van der Waals surface area contributed by atoms with Crippen LogP contribution in [0.5, 0.6) is 0 Å². The number of ether oxygens (including phenoxy) is 3. The van der Waals surface area contributed by atoms with Crippen molar-refractivity contribution in [2.24, 2.45) is 5.41 Å². The Kier molecular flexibility index (Phi) is 3.84. The van der Waals surface area contributed by atoms with Crippen molar-refractivity contribution < 1.29 is 23.8 Å². The molecule has 2 saturated heterocycles. The first-order chi connectivity index (χ1) is 10.7. The molecule has 8 heteroatoms. The normalized spacial score (nSPS) is 33.5. The quantitative estimate of drug-likeness (QED) is 0.656. The van der Waals surface area contributed by atoms with Crippen LogP contribution < -0.4 is 5.73 Å². The molecule has 1 aromatic rings. The molecule has 3 heterocycles. The van der Waals surface area contributed by atoms with Gasteiger partial charge in [-0.1, -0.05) is 0 Å². The van der Waals surface area contributed by atoms with E-state index >= 15 is 0 Å². The van der Waals surface area contributed by atoms with Crippen molar-refractivity contribution in [3.63, 3.8) is 0 Å². The zero-order valence-corrected chi connectivity index (χ0v) is 14.1. The number of nitrogens with two attached hydrogens (primary N) is 1. The molecule has 2 aliphatic heterocycles. The molecule has 2 aliphatic rings. The van der Waals surface area contributed by atoms with Crippen molar-refractivity contribution in [2.75, 3.05) is 12.3 Å². The lowest BCUT2D eigenvalue weighted by atomic mass is 9.78. The third kappa shape index (κ3) is 2.70. The lowest BCUT2D eigenvalue weighted by Gasteiger charge is -2.20. The second kappa shape index (κ2) is 5.45. The van der Waals surface area contributed by atoms with E-state index in [2.05, 4.69) is 4.98 Å². The number of thiazole rings is 1. The van der Waals surface area contributed by atoms with Gasteiger partial charge >= 0.3 is 11.9 Å². The highest BCUT2D eigenvalue weighted by atomic mass is 32.1. The molecule has 1 aromatic heterocycles. The van der Waals surface area contributed by atoms with Crippen LogP contribution in [0.25, 0.3) is 0 Å². The van der Waals surface area contributed by atoms with Crippen molar-refractivity contribution in [1.29, 1.82) is 0 Å². The number of hydrogen-bond acceptors (Lipinski definition) is 8. The zero-order valence-electron chi connectivity index (χ0n) is 13.3. The van der Waals surface area contributed by atoms with Crippen LogP contribution in [0.1, 0.15) is 39.3 Å². The first-order valence-corrected chi connectivity index (χ1v) is 8.41. The lowest BCUT2D eigenvalue weighted by Crippen LogP contribution is -2.32. The predicted octanol–water partition coefficient (Wildman–Crippen LogP) is 1.61. The number of nitrogen functional groups attached to an aromatic ring is 1. The van der Waals surface area contributed by atoms with E-state index in [9.17, 15) is 9.59 Å². The Morgan fingerprint density at radius 1 is 1.48 bits per heavy atom. The summed E-state index contributed by atoms with van der Waals surface area (Å²) >= 11 is 1.27. The summed E-state index contributed by atoms with van der Waals surface area (Å²) in [5, 5.41) is 2.15. The standard InChI is InChI=1S/C15H20N2O5S/c1-8(2)20-5-9-4-15(11(18)21-9)7-14(3,22-12(15)19)10-6-23-13(16)17-10/h6,8-9H,4-5,7H2,1-3H3,(H2,16,17)/t9-,14+,15-/m1/s1. The number of nitrogens with zero attached hydrogens (tertiary/aromatic N) is 1. The molecule has 2 fully saturated rings. The van der Waals surface area contributed by atoms with Gasteiger partial charge in [0.15, 0.2) is 16.1 Å². The topological polar surface area (TPSA) is 101 Å². The van der Waals surface area contributed by atoms with Crippen LogP contribution in [0.4, 0.5) is 5.13 Å². The molecule has 7 nitrogen and oxygen atoms in total. The number of cyclic esters (lactones) is 2. The molecular formula is C15H20N2O5S. The Hall–Kier alpha value is -1.67. The summed E-state index contributed by atoms with van der Waals surface area (Å²) in [7, 11) is 0. The zero-order chi connectivity index (χ0) is 16.8. The summed E-state index contributed by atoms with van der Waals surface area (Å²) in [6.45, 7) is 5.83. The number of carbonyl (C=O) groups is 2. The third-order valence-corrected chi connectivity index (χ3v) is 4.94. The number of aromatic nitrogens is 1. The second-order valence-corrected chi connectivity index (χ2v) is 7.45. The highest BCUT2D eigenvalue weighted by Gasteiger charge is 2.65. The highest BCUT2D eigenvalue weighted by molar-refractivity contribution is 7.13. The van der Waals surface area contributed by atoms with Crippen molar-refractivity contribution in [1.82, 2.24) is 4.98 Å². The second-order valence-electron chi connectivity index (χ2n) is 6.56. The van der Waals surface area contributed by atoms with Gasteiger partial charge < -0.3 is 19.9 Å². The van der Waals surface area contributed by atoms with Crippen molar-refractivity contribution >= 4 is 28.4 Å². The van der Waals surface area contributed by atoms with E-state index in [1.165, 1.54) is 11.3 Å². The number of rotatable bonds is 4. The number of carbonyl (C=O) groups excluding carboxylic acids is 2. The SMILES string of the molecule is CC(C)OC[C@H]1C[C@@]2(C[C@@](C)(c3csc(N)n3)OC2=O)C(=O)O1. The highest BCUT2D eigenvalue weighted by Crippen LogP contribution is 2.52. The first kappa shape index (κ1) is 16.2. The smallest absolute Gasteiger partial charge is 0.324 e. The van der Waals surface area contributed by atoms with E-state index in [-0.39, 0.29) is 25.6 Å². The summed E-state index contributed by atoms with van der Waals surface area (Å²) in [4.78, 5) is 29.0. The molecule has 0 saturated carbocycles. The minimum absolute atomic E-state index is 0.0315. The van der Waals surface area contributed by atoms with Crippen LogP contribution >= 0.6 is 11.3 Å². The van der Waals surface area contributed by atoms with Gasteiger partial charge in [-0.15, -0.1) is 11.3 Å². The predicted molar refractivity (Wildman–Crippen MR) is 82.6 cm³/mol. The fourth-order valence-corrected chi connectivity index (χ4v) is 3.83. The minimum Gasteiger partial charge on any atom is -0.459 e. The van der Waals surface area contributed by atoms with Crippen LogP contribution in [0.15, 0.2) is 5.38 Å². The summed E-state index contributed by atoms with van der Waals surface area (Å²) in [5.41, 5.74) is 4.00. The van der Waals surface area contributed by atoms with Gasteiger partial charge in [-0.25, -0.2) is 4.98 Å². The van der Waals surface area contributed by atoms with E-state index in [1.807, 2.05) is 13.8 Å². The van der Waals surface area contributed by atoms with E-state index in [1.54, 1.807) is 12.3 Å². The van der Waals surface area contributed by atoms with Crippen LogP contribution in [0.2, 0.25) is 0 Å². The van der Waals surface area contributed by atoms with Gasteiger partial charge in [0.05, 0.1) is 18.4 Å². The number of esters is 2. The van der Waals surface area contributed by atoms with Crippen LogP contribution in [-0.4, -0.2) is 35.7 Å². The maximum Gasteiger partial charge on any atom is 0.324 e. The average molecular weight is 340 g/mol. The summed E-state index contributed by atoms with van der Waals surface area (Å²) in [6, 6.07) is 0. The van der Waals surface area contributed by atoms with Crippen LogP contribution in [-0.2, 0) is 29.4 Å². The van der Waals surface area contributed by atoms with Crippen LogP contribution in [0, 0.1) is 5.41 Å². The molecule has 0 aromatic carbocycles. The van der Waals surface area contributed by atoms with Crippen molar-refractivity contribution in [3.05, 3.63) is 11.1 Å². The Bertz CT molecular complexity index is 646. The van der Waals surface area contributed by atoms with E-state index in [4.69, 9.17) is 19.9 Å². The number of hydrogen-bond donors (Lipinski definition) is 1. The Morgan fingerprint density at radius 2 is 2.22 bits per heavy atom. The summed E-state index contributed by atoms with van der Waals surface area (Å²) in [5.74, 6) is -1.09. The molecule has 0 unspecified atom stereocenters. The Balaban J connectivity index is 1.80. The molecule has 3 rings (SSSR count). The van der Waals surface area contributed by atoms with Gasteiger partial charge in [-0.2, -0.15) is 0 Å². The Labute approximate surface area is 138 Å². The average Bonchev–Trinajstić information content (AvgIpc) is 3.09. The van der Waals surface area contributed by atoms with Gasteiger partial charge in [0.2, 0.25) is 0 Å². The van der Waals surface area contributed by atoms with E-state index in [0.29, 0.717) is 10.8 Å². The monoisotopic (exact) mass is 340 g/mol. The molecule has 2 N–H and O–H groups in total. The van der Waals surface area contributed by atoms with Gasteiger partial charge in [0.25, 0.3) is 0 Å². The molecule has 0 amide bonds. The molecular weight excluding hydrogens is 320 g/mol. The Morgan fingerprint density at radius 3 is 2.83 bits per heavy atom. The maximum atomic E-state index is 12.5. The first-order valence-electron chi connectivity index (χ1n) is 7.53. The van der Waals surface area contributed by atoms with E-state index < -0.39 is 29.1 Å². The van der Waals surface area contributed by atoms with Gasteiger partial charge in [-0.3, -0.25) is 9.59 Å². The van der Waals surface area contributed by atoms with Crippen molar-refractivity contribution in [3.8, 4) is 0 Å². The number of anilines is 1. The fourth-order valence-electron chi connectivity index (χ4n) is 3.14. The van der Waals surface area contributed by atoms with Gasteiger partial charge in [-0.05, 0) is 20.8 Å². The molecule has 1 spiro atoms. The molecule has 126 valence electrons. The van der Waals surface area contributed by atoms with Crippen molar-refractivity contribution in [2.45, 2.75) is 51.4 Å². The molecule has 23 heavy (non-hydrogen) atoms. The van der Waals surface area contributed by atoms with E-state index in [0.717, 1.165) is 0 Å². The largest absolute Gasteiger partial charge is 0.459 e.